The van der Waals surface area contributed by atoms with E-state index < -0.39 is 0 Å². The molecule has 0 spiro atoms. The fourth-order valence-electron chi connectivity index (χ4n) is 0.0527. The van der Waals surface area contributed by atoms with E-state index in [1.807, 2.05) is 0 Å². The monoisotopic (exact) mass is 218 g/mol. The van der Waals surface area contributed by atoms with Crippen molar-refractivity contribution in [2.75, 3.05) is 5.75 Å². The van der Waals surface area contributed by atoms with Gasteiger partial charge in [-0.25, -0.2) is 0 Å². The van der Waals surface area contributed by atoms with Crippen LogP contribution in [0.4, 0.5) is 0 Å². The van der Waals surface area contributed by atoms with Crippen LogP contribution in [0.15, 0.2) is 12.7 Å². The highest BCUT2D eigenvalue weighted by Crippen LogP contribution is 1.86. The first-order chi connectivity index (χ1) is 2.41. The molecule has 0 aliphatic rings. The third kappa shape index (κ3) is 8.84. The van der Waals surface area contributed by atoms with Gasteiger partial charge >= 0.3 is 0 Å². The summed E-state index contributed by atoms with van der Waals surface area (Å²) in [5.74, 6) is 0.625. The Kier molecular flexibility index (Phi) is 15.3. The molecule has 0 rings (SSSR count). The smallest absolute Gasteiger partial charge is 0.0373 e. The molecule has 0 radical (unpaired) electrons. The van der Waals surface area contributed by atoms with Crippen LogP contribution in [-0.4, -0.2) is 10.3 Å². The third-order valence-electron chi connectivity index (χ3n) is 0.192. The molecule has 0 fully saturated rings. The highest BCUT2D eigenvalue weighted by atomic mass is 127. The molecule has 1 N–H and O–H groups in total. The average molecular weight is 218 g/mol. The lowest BCUT2D eigenvalue weighted by molar-refractivity contribution is 0.666. The average Bonchev–Trinajstić information content (AvgIpc) is 1.41. The number of rotatable bonds is 2. The predicted octanol–water partition coefficient (Wildman–Crippen LogP) is 2.00. The summed E-state index contributed by atoms with van der Waals surface area (Å²) < 4.78 is 7.91. The molecule has 0 amide bonds. The van der Waals surface area contributed by atoms with Crippen LogP contribution >= 0.6 is 36.0 Å². The predicted molar refractivity (Wildman–Crippen MR) is 40.7 cm³/mol. The van der Waals surface area contributed by atoms with Gasteiger partial charge in [-0.05, 0) is 12.0 Å². The van der Waals surface area contributed by atoms with Crippen LogP contribution in [-0.2, 0) is 0 Å². The van der Waals surface area contributed by atoms with Crippen LogP contribution < -0.4 is 0 Å². The topological polar surface area (TPSA) is 20.2 Å². The van der Waals surface area contributed by atoms with Gasteiger partial charge in [0, 0.05) is 5.75 Å². The van der Waals surface area contributed by atoms with Gasteiger partial charge in [0.1, 0.15) is 0 Å². The minimum absolute atomic E-state index is 0. The molecule has 6 heavy (non-hydrogen) atoms. The molecule has 0 aromatic heterocycles. The van der Waals surface area contributed by atoms with Crippen molar-refractivity contribution in [1.82, 2.24) is 0 Å². The van der Waals surface area contributed by atoms with Gasteiger partial charge in [0.05, 0.1) is 0 Å². The van der Waals surface area contributed by atoms with Crippen molar-refractivity contribution in [3.05, 3.63) is 12.7 Å². The summed E-state index contributed by atoms with van der Waals surface area (Å²) in [6.45, 7) is 3.37. The molecule has 1 nitrogen and oxygen atoms in total. The highest BCUT2D eigenvalue weighted by Gasteiger charge is 1.63. The maximum atomic E-state index is 7.91. The quantitative estimate of drug-likeness (QED) is 0.434. The second kappa shape index (κ2) is 9.24. The van der Waals surface area contributed by atoms with E-state index in [4.69, 9.17) is 4.55 Å². The van der Waals surface area contributed by atoms with Gasteiger partial charge in [-0.2, -0.15) is 0 Å². The van der Waals surface area contributed by atoms with Gasteiger partial charge in [0.15, 0.2) is 0 Å². The molecular weight excluding hydrogens is 211 g/mol. The summed E-state index contributed by atoms with van der Waals surface area (Å²) in [6, 6.07) is 0. The maximum Gasteiger partial charge on any atom is 0.0373 e. The van der Waals surface area contributed by atoms with Crippen molar-refractivity contribution in [3.8, 4) is 0 Å². The van der Waals surface area contributed by atoms with Gasteiger partial charge in [-0.3, -0.25) is 0 Å². The second-order valence-corrected chi connectivity index (χ2v) is 1.18. The summed E-state index contributed by atoms with van der Waals surface area (Å²) >= 11 is 0.784. The summed E-state index contributed by atoms with van der Waals surface area (Å²) in [6.07, 6.45) is 1.64. The molecule has 3 heteroatoms. The van der Waals surface area contributed by atoms with Crippen molar-refractivity contribution < 1.29 is 4.55 Å². The van der Waals surface area contributed by atoms with Crippen LogP contribution in [0, 0.1) is 0 Å². The molecule has 0 aromatic rings. The van der Waals surface area contributed by atoms with Crippen molar-refractivity contribution in [1.29, 1.82) is 0 Å². The molecule has 0 atom stereocenters. The van der Waals surface area contributed by atoms with Crippen LogP contribution in [0.1, 0.15) is 0 Å². The zero-order chi connectivity index (χ0) is 4.12. The van der Waals surface area contributed by atoms with Gasteiger partial charge in [-0.1, -0.05) is 6.08 Å². The molecule has 38 valence electrons. The lowest BCUT2D eigenvalue weighted by Crippen LogP contribution is -1.58. The SMILES string of the molecule is C=CCSO.I. The van der Waals surface area contributed by atoms with E-state index in [1.54, 1.807) is 6.08 Å². The first-order valence-electron chi connectivity index (χ1n) is 1.29. The standard InChI is InChI=1S/C3H6OS.HI/c1-2-3-5-4;/h2,4H,1,3H2;1H. The summed E-state index contributed by atoms with van der Waals surface area (Å²) in [7, 11) is 0. The van der Waals surface area contributed by atoms with Gasteiger partial charge in [-0.15, -0.1) is 30.6 Å². The van der Waals surface area contributed by atoms with Gasteiger partial charge < -0.3 is 4.55 Å². The zero-order valence-corrected chi connectivity index (χ0v) is 6.40. The van der Waals surface area contributed by atoms with Crippen molar-refractivity contribution in [2.24, 2.45) is 0 Å². The largest absolute Gasteiger partial charge is 0.330 e. The Balaban J connectivity index is 0. The van der Waals surface area contributed by atoms with E-state index in [2.05, 4.69) is 6.58 Å². The maximum absolute atomic E-state index is 7.91. The van der Waals surface area contributed by atoms with E-state index in [0.717, 1.165) is 12.0 Å². The van der Waals surface area contributed by atoms with E-state index in [9.17, 15) is 0 Å². The van der Waals surface area contributed by atoms with E-state index in [0.29, 0.717) is 5.75 Å². The Labute approximate surface area is 59.0 Å². The third-order valence-corrected chi connectivity index (χ3v) is 0.577. The summed E-state index contributed by atoms with van der Waals surface area (Å²) in [5.41, 5.74) is 0. The molecule has 0 aliphatic carbocycles. The van der Waals surface area contributed by atoms with Crippen molar-refractivity contribution in [2.45, 2.75) is 0 Å². The van der Waals surface area contributed by atoms with E-state index >= 15 is 0 Å². The molecule has 0 bridgehead atoms. The molecule has 0 aromatic carbocycles. The van der Waals surface area contributed by atoms with E-state index in [-0.39, 0.29) is 24.0 Å². The minimum Gasteiger partial charge on any atom is -0.330 e. The molecule has 0 heterocycles. The molecule has 0 aliphatic heterocycles. The normalized spacial score (nSPS) is 6.17. The number of hydrogen-bond donors (Lipinski definition) is 1. The van der Waals surface area contributed by atoms with E-state index in [1.165, 1.54) is 0 Å². The van der Waals surface area contributed by atoms with Crippen LogP contribution in [0.25, 0.3) is 0 Å². The van der Waals surface area contributed by atoms with Gasteiger partial charge in [0.25, 0.3) is 0 Å². The Hall–Kier alpha value is 0.780. The summed E-state index contributed by atoms with van der Waals surface area (Å²) in [4.78, 5) is 0. The van der Waals surface area contributed by atoms with Crippen molar-refractivity contribution in [3.63, 3.8) is 0 Å². The Morgan fingerprint density at radius 2 is 2.33 bits per heavy atom. The first-order valence-corrected chi connectivity index (χ1v) is 2.23. The fraction of sp³-hybridized carbons (Fsp3) is 0.333. The Morgan fingerprint density at radius 1 is 1.83 bits per heavy atom. The molecule has 0 unspecified atom stereocenters. The molecule has 0 saturated heterocycles. The number of halogens is 1. The highest BCUT2D eigenvalue weighted by molar-refractivity contribution is 14.0. The summed E-state index contributed by atoms with van der Waals surface area (Å²) in [5, 5.41) is 0. The number of hydrogen-bond acceptors (Lipinski definition) is 2. The van der Waals surface area contributed by atoms with Crippen LogP contribution in [0.5, 0.6) is 0 Å². The fourth-order valence-corrected chi connectivity index (χ4v) is 0.158. The zero-order valence-electron chi connectivity index (χ0n) is 3.26. The second-order valence-electron chi connectivity index (χ2n) is 0.584. The molecular formula is C3H7IOS. The van der Waals surface area contributed by atoms with Gasteiger partial charge in [0.2, 0.25) is 0 Å². The minimum atomic E-state index is 0. The molecule has 0 saturated carbocycles. The Morgan fingerprint density at radius 3 is 2.33 bits per heavy atom. The lowest BCUT2D eigenvalue weighted by atomic mass is 10.8. The lowest BCUT2D eigenvalue weighted by Gasteiger charge is -1.72. The van der Waals surface area contributed by atoms with Crippen LogP contribution in [0.3, 0.4) is 0 Å². The Bertz CT molecular complexity index is 32.0. The first kappa shape index (κ1) is 9.91. The van der Waals surface area contributed by atoms with Crippen LogP contribution in [0.2, 0.25) is 0 Å². The van der Waals surface area contributed by atoms with Crippen molar-refractivity contribution >= 4 is 36.0 Å².